The van der Waals surface area contributed by atoms with Crippen LogP contribution in [0.15, 0.2) is 33.5 Å². The summed E-state index contributed by atoms with van der Waals surface area (Å²) in [4.78, 5) is 23.1. The molecule has 0 saturated carbocycles. The third-order valence-electron chi connectivity index (χ3n) is 2.58. The summed E-state index contributed by atoms with van der Waals surface area (Å²) in [6.45, 7) is 0. The fourth-order valence-electron chi connectivity index (χ4n) is 1.56. The third-order valence-corrected chi connectivity index (χ3v) is 3.56. The van der Waals surface area contributed by atoms with Gasteiger partial charge in [-0.05, 0) is 12.1 Å². The number of halogens is 3. The van der Waals surface area contributed by atoms with E-state index in [2.05, 4.69) is 8.92 Å². The van der Waals surface area contributed by atoms with Crippen molar-refractivity contribution in [3.05, 3.63) is 40.2 Å². The van der Waals surface area contributed by atoms with Crippen LogP contribution in [0, 0.1) is 0 Å². The maximum Gasteiger partial charge on any atom is 0.534 e. The highest BCUT2D eigenvalue weighted by molar-refractivity contribution is 7.88. The standard InChI is InChI=1S/C12H7F3O7S/c1-20-11(17)10-5-8(16)7-3-2-6(4-9(7)21-10)22-23(18,19)12(13,14)15/h2-5H,1H3. The molecule has 0 radical (unpaired) electrons. The molecule has 124 valence electrons. The predicted molar refractivity (Wildman–Crippen MR) is 69.4 cm³/mol. The van der Waals surface area contributed by atoms with Gasteiger partial charge >= 0.3 is 21.6 Å². The monoisotopic (exact) mass is 352 g/mol. The van der Waals surface area contributed by atoms with Gasteiger partial charge < -0.3 is 13.3 Å². The Balaban J connectivity index is 2.54. The zero-order valence-corrected chi connectivity index (χ0v) is 12.0. The Labute approximate surface area is 126 Å². The van der Waals surface area contributed by atoms with Gasteiger partial charge in [-0.3, -0.25) is 4.79 Å². The van der Waals surface area contributed by atoms with Crippen molar-refractivity contribution in [3.8, 4) is 5.75 Å². The number of methoxy groups -OCH3 is 1. The Kier molecular flexibility index (Phi) is 4.07. The number of carbonyl (C=O) groups is 1. The van der Waals surface area contributed by atoms with Crippen LogP contribution < -0.4 is 9.61 Å². The van der Waals surface area contributed by atoms with Gasteiger partial charge in [-0.1, -0.05) is 0 Å². The molecule has 1 aromatic heterocycles. The van der Waals surface area contributed by atoms with Crippen LogP contribution in [0.25, 0.3) is 11.0 Å². The zero-order valence-electron chi connectivity index (χ0n) is 11.2. The molecule has 0 fully saturated rings. The summed E-state index contributed by atoms with van der Waals surface area (Å²) in [7, 11) is -4.84. The van der Waals surface area contributed by atoms with Crippen molar-refractivity contribution in [2.24, 2.45) is 0 Å². The topological polar surface area (TPSA) is 99.9 Å². The molecule has 1 aromatic carbocycles. The second-order valence-corrected chi connectivity index (χ2v) is 5.65. The summed E-state index contributed by atoms with van der Waals surface area (Å²) < 4.78 is 71.9. The third kappa shape index (κ3) is 3.28. The van der Waals surface area contributed by atoms with Gasteiger partial charge in [0.25, 0.3) is 0 Å². The van der Waals surface area contributed by atoms with Gasteiger partial charge in [-0.25, -0.2) is 4.79 Å². The molecule has 0 bridgehead atoms. The molecular weight excluding hydrogens is 345 g/mol. The van der Waals surface area contributed by atoms with Crippen molar-refractivity contribution in [2.45, 2.75) is 5.51 Å². The number of esters is 1. The Morgan fingerprint density at radius 3 is 2.43 bits per heavy atom. The Morgan fingerprint density at radius 2 is 1.87 bits per heavy atom. The number of alkyl halides is 3. The molecule has 0 aliphatic carbocycles. The minimum atomic E-state index is -5.87. The molecule has 0 aliphatic rings. The molecule has 2 aromatic rings. The molecule has 0 spiro atoms. The molecule has 1 heterocycles. The number of ether oxygens (including phenoxy) is 1. The van der Waals surface area contributed by atoms with Crippen molar-refractivity contribution >= 4 is 27.1 Å². The van der Waals surface area contributed by atoms with Crippen molar-refractivity contribution < 1.29 is 39.7 Å². The molecule has 0 unspecified atom stereocenters. The lowest BCUT2D eigenvalue weighted by Gasteiger charge is -2.09. The number of hydrogen-bond donors (Lipinski definition) is 0. The minimum absolute atomic E-state index is 0.0885. The van der Waals surface area contributed by atoms with Crippen LogP contribution in [-0.2, 0) is 14.9 Å². The van der Waals surface area contributed by atoms with E-state index in [-0.39, 0.29) is 11.0 Å². The Morgan fingerprint density at radius 1 is 1.22 bits per heavy atom. The van der Waals surface area contributed by atoms with E-state index in [1.54, 1.807) is 0 Å². The van der Waals surface area contributed by atoms with E-state index >= 15 is 0 Å². The van der Waals surface area contributed by atoms with Gasteiger partial charge in [0.2, 0.25) is 5.76 Å². The quantitative estimate of drug-likeness (QED) is 0.472. The summed E-state index contributed by atoms with van der Waals surface area (Å²) in [5.74, 6) is -2.22. The lowest BCUT2D eigenvalue weighted by molar-refractivity contribution is -0.0500. The summed E-state index contributed by atoms with van der Waals surface area (Å²) in [6.07, 6.45) is 0. The van der Waals surface area contributed by atoms with E-state index < -0.39 is 38.5 Å². The molecule has 0 amide bonds. The molecular formula is C12H7F3O7S. The van der Waals surface area contributed by atoms with E-state index in [4.69, 9.17) is 4.42 Å². The smallest absolute Gasteiger partial charge is 0.463 e. The average Bonchev–Trinajstić information content (AvgIpc) is 2.44. The van der Waals surface area contributed by atoms with Gasteiger partial charge in [0.1, 0.15) is 11.3 Å². The molecule has 0 aliphatic heterocycles. The fraction of sp³-hybridized carbons (Fsp3) is 0.167. The van der Waals surface area contributed by atoms with E-state index in [0.29, 0.717) is 0 Å². The molecule has 7 nitrogen and oxygen atoms in total. The van der Waals surface area contributed by atoms with Crippen LogP contribution in [0.3, 0.4) is 0 Å². The first-order chi connectivity index (χ1) is 10.5. The van der Waals surface area contributed by atoms with E-state index in [9.17, 15) is 31.2 Å². The van der Waals surface area contributed by atoms with Crippen LogP contribution >= 0.6 is 0 Å². The Hall–Kier alpha value is -2.56. The SMILES string of the molecule is COC(=O)c1cc(=O)c2ccc(OS(=O)(=O)C(F)(F)F)cc2o1. The number of carbonyl (C=O) groups excluding carboxylic acids is 1. The summed E-state index contributed by atoms with van der Waals surface area (Å²) in [5.41, 5.74) is -6.62. The lowest BCUT2D eigenvalue weighted by atomic mass is 10.2. The zero-order chi connectivity index (χ0) is 17.4. The molecule has 23 heavy (non-hydrogen) atoms. The van der Waals surface area contributed by atoms with Gasteiger partial charge in [0.15, 0.2) is 5.43 Å². The molecule has 0 N–H and O–H groups in total. The highest BCUT2D eigenvalue weighted by Gasteiger charge is 2.48. The van der Waals surface area contributed by atoms with E-state index in [1.807, 2.05) is 0 Å². The first-order valence-electron chi connectivity index (χ1n) is 5.72. The number of fused-ring (bicyclic) bond motifs is 1. The van der Waals surface area contributed by atoms with Crippen molar-refractivity contribution in [1.82, 2.24) is 0 Å². The summed E-state index contributed by atoms with van der Waals surface area (Å²) in [6, 6.07) is 3.43. The predicted octanol–water partition coefficient (Wildman–Crippen LogP) is 1.81. The number of rotatable bonds is 3. The second kappa shape index (κ2) is 5.57. The van der Waals surface area contributed by atoms with Gasteiger partial charge in [-0.15, -0.1) is 0 Å². The normalized spacial score (nSPS) is 12.2. The van der Waals surface area contributed by atoms with E-state index in [0.717, 1.165) is 31.4 Å². The van der Waals surface area contributed by atoms with Gasteiger partial charge in [0.05, 0.1) is 12.5 Å². The summed E-state index contributed by atoms with van der Waals surface area (Å²) >= 11 is 0. The first kappa shape index (κ1) is 16.8. The number of hydrogen-bond acceptors (Lipinski definition) is 7. The molecule has 0 atom stereocenters. The van der Waals surface area contributed by atoms with Crippen molar-refractivity contribution in [1.29, 1.82) is 0 Å². The van der Waals surface area contributed by atoms with Crippen molar-refractivity contribution in [3.63, 3.8) is 0 Å². The van der Waals surface area contributed by atoms with Gasteiger partial charge in [0, 0.05) is 12.1 Å². The van der Waals surface area contributed by atoms with E-state index in [1.165, 1.54) is 0 Å². The minimum Gasteiger partial charge on any atom is -0.463 e. The van der Waals surface area contributed by atoms with Gasteiger partial charge in [-0.2, -0.15) is 21.6 Å². The molecule has 2 rings (SSSR count). The van der Waals surface area contributed by atoms with Crippen LogP contribution in [0.1, 0.15) is 10.6 Å². The fourth-order valence-corrected chi connectivity index (χ4v) is 2.01. The Bertz CT molecular complexity index is 928. The van der Waals surface area contributed by atoms with Crippen LogP contribution in [0.4, 0.5) is 13.2 Å². The highest BCUT2D eigenvalue weighted by Crippen LogP contribution is 2.28. The summed E-state index contributed by atoms with van der Waals surface area (Å²) in [5, 5.41) is -0.0885. The highest BCUT2D eigenvalue weighted by atomic mass is 32.2. The molecule has 0 saturated heterocycles. The van der Waals surface area contributed by atoms with Crippen LogP contribution in [0.5, 0.6) is 5.75 Å². The van der Waals surface area contributed by atoms with Crippen LogP contribution in [0.2, 0.25) is 0 Å². The maximum atomic E-state index is 12.3. The number of benzene rings is 1. The first-order valence-corrected chi connectivity index (χ1v) is 7.13. The largest absolute Gasteiger partial charge is 0.534 e. The lowest BCUT2D eigenvalue weighted by Crippen LogP contribution is -2.28. The van der Waals surface area contributed by atoms with Crippen LogP contribution in [-0.4, -0.2) is 27.0 Å². The maximum absolute atomic E-state index is 12.3. The van der Waals surface area contributed by atoms with Crippen molar-refractivity contribution in [2.75, 3.05) is 7.11 Å². The molecule has 11 heteroatoms. The second-order valence-electron chi connectivity index (χ2n) is 4.11. The average molecular weight is 352 g/mol.